The van der Waals surface area contributed by atoms with Gasteiger partial charge in [-0.05, 0) is 29.7 Å². The van der Waals surface area contributed by atoms with Crippen LogP contribution in [0.2, 0.25) is 0 Å². The maximum Gasteiger partial charge on any atom is 3.00 e. The van der Waals surface area contributed by atoms with Crippen molar-refractivity contribution in [2.45, 2.75) is 6.42 Å². The molecule has 1 radical (unpaired) electrons. The Bertz CT molecular complexity index is 802. The van der Waals surface area contributed by atoms with Crippen molar-refractivity contribution < 1.29 is 75.9 Å². The molecule has 0 bridgehead atoms. The molecule has 0 atom stereocenters. The monoisotopic (exact) mass is 514 g/mol. The molecule has 0 saturated heterocycles. The molecule has 2 aromatic carbocycles. The van der Waals surface area contributed by atoms with E-state index in [1.54, 1.807) is 48.8 Å². The molecule has 0 heterocycles. The fourth-order valence-corrected chi connectivity index (χ4v) is 2.17. The van der Waals surface area contributed by atoms with Crippen LogP contribution in [0, 0.1) is 15.3 Å². The molecule has 0 spiro atoms. The van der Waals surface area contributed by atoms with Crippen LogP contribution in [-0.4, -0.2) is 51.9 Å². The van der Waals surface area contributed by atoms with Gasteiger partial charge in [-0.25, -0.2) is 0 Å². The SMILES string of the molecule is COc1cccc(C=NCCCN=Cc2cccc(OC)c2[O-])c1[O-].C[O-].O=[N+]([O-])[O-].[Na+].[Ni+3]. The van der Waals surface area contributed by atoms with Crippen molar-refractivity contribution in [1.82, 2.24) is 0 Å². The number of rotatable bonds is 8. The molecule has 177 valence electrons. The molecule has 11 nitrogen and oxygen atoms in total. The third-order valence-corrected chi connectivity index (χ3v) is 3.49. The summed E-state index contributed by atoms with van der Waals surface area (Å²) in [6.45, 7) is 1.08. The van der Waals surface area contributed by atoms with E-state index in [9.17, 15) is 10.2 Å². The maximum atomic E-state index is 11.9. The minimum atomic E-state index is -1.75. The smallest absolute Gasteiger partial charge is 0.870 e. The van der Waals surface area contributed by atoms with E-state index in [0.29, 0.717) is 42.1 Å². The third kappa shape index (κ3) is 14.4. The summed E-state index contributed by atoms with van der Waals surface area (Å²) in [5, 5.41) is 46.9. The molecule has 2 aromatic rings. The largest absolute Gasteiger partial charge is 3.00 e. The first-order valence-electron chi connectivity index (χ1n) is 8.80. The molecular weight excluding hydrogens is 492 g/mol. The summed E-state index contributed by atoms with van der Waals surface area (Å²) in [5.41, 5.74) is 0.991. The van der Waals surface area contributed by atoms with Crippen molar-refractivity contribution in [3.05, 3.63) is 62.8 Å². The second-order valence-corrected chi connectivity index (χ2v) is 5.40. The topological polar surface area (TPSA) is 179 Å². The van der Waals surface area contributed by atoms with E-state index in [4.69, 9.17) is 29.9 Å². The van der Waals surface area contributed by atoms with E-state index in [1.807, 2.05) is 0 Å². The van der Waals surface area contributed by atoms with Gasteiger partial charge in [0.1, 0.15) is 11.5 Å². The molecule has 0 aliphatic carbocycles. The average Bonchev–Trinajstić information content (AvgIpc) is 2.76. The van der Waals surface area contributed by atoms with Gasteiger partial charge >= 0.3 is 46.0 Å². The standard InChI is InChI=1S/C19H22N2O4.CH3O.NO3.Na.Ni/c1-24-16-8-3-6-14(18(16)22)12-20-10-5-11-21-13-15-7-4-9-17(25-2)19(15)23;1-2;2-1(3)4;;/h3-4,6-9,12-13,22-23H,5,10-11H2,1-2H3;1H3;;;/q;2*-1;+1;+3/p-2. The summed E-state index contributed by atoms with van der Waals surface area (Å²) in [7, 11) is 3.68. The number of para-hydroxylation sites is 2. The molecule has 0 aromatic heterocycles. The molecule has 2 rings (SSSR count). The van der Waals surface area contributed by atoms with Crippen molar-refractivity contribution in [1.29, 1.82) is 0 Å². The Balaban J connectivity index is -0.00000102. The second kappa shape index (κ2) is 21.5. The zero-order valence-electron chi connectivity index (χ0n) is 18.7. The van der Waals surface area contributed by atoms with Crippen LogP contribution in [0.15, 0.2) is 46.4 Å². The van der Waals surface area contributed by atoms with Crippen molar-refractivity contribution in [3.63, 3.8) is 0 Å². The Labute approximate surface area is 224 Å². The number of hydrogen-bond acceptors (Lipinski definition) is 10. The summed E-state index contributed by atoms with van der Waals surface area (Å²) in [6, 6.07) is 10.1. The van der Waals surface area contributed by atoms with Crippen molar-refractivity contribution in [2.24, 2.45) is 9.98 Å². The fraction of sp³-hybridized carbons (Fsp3) is 0.300. The zero-order valence-corrected chi connectivity index (χ0v) is 21.7. The van der Waals surface area contributed by atoms with Crippen LogP contribution >= 0.6 is 0 Å². The number of methoxy groups -OCH3 is 2. The minimum Gasteiger partial charge on any atom is -0.870 e. The number of hydrogen-bond donors (Lipinski definition) is 0. The molecule has 0 amide bonds. The van der Waals surface area contributed by atoms with Crippen LogP contribution in [0.5, 0.6) is 23.0 Å². The molecule has 33 heavy (non-hydrogen) atoms. The molecule has 0 aliphatic rings. The average molecular weight is 515 g/mol. The summed E-state index contributed by atoms with van der Waals surface area (Å²) < 4.78 is 9.97. The number of aliphatic imine (C=N–C) groups is 2. The van der Waals surface area contributed by atoms with Crippen molar-refractivity contribution in [3.8, 4) is 23.0 Å². The summed E-state index contributed by atoms with van der Waals surface area (Å²) in [4.78, 5) is 16.7. The number of ether oxygens (including phenoxy) is 2. The van der Waals surface area contributed by atoms with Crippen LogP contribution in [0.25, 0.3) is 0 Å². The third-order valence-electron chi connectivity index (χ3n) is 3.49. The van der Waals surface area contributed by atoms with Gasteiger partial charge in [0, 0.05) is 25.5 Å². The molecule has 0 fully saturated rings. The number of benzene rings is 2. The van der Waals surface area contributed by atoms with Gasteiger partial charge in [-0.15, -0.1) is 0 Å². The van der Waals surface area contributed by atoms with Crippen molar-refractivity contribution in [2.75, 3.05) is 34.4 Å². The molecule has 0 aliphatic heterocycles. The van der Waals surface area contributed by atoms with E-state index < -0.39 is 5.09 Å². The van der Waals surface area contributed by atoms with Crippen LogP contribution in [0.3, 0.4) is 0 Å². The van der Waals surface area contributed by atoms with Crippen LogP contribution in [0.1, 0.15) is 17.5 Å². The van der Waals surface area contributed by atoms with Gasteiger partial charge in [-0.2, -0.15) is 7.11 Å². The van der Waals surface area contributed by atoms with Gasteiger partial charge in [0.2, 0.25) is 0 Å². The Morgan fingerprint density at radius 2 is 1.18 bits per heavy atom. The predicted molar refractivity (Wildman–Crippen MR) is 111 cm³/mol. The van der Waals surface area contributed by atoms with E-state index >= 15 is 0 Å². The first-order chi connectivity index (χ1) is 14.9. The first kappa shape index (κ1) is 35.2. The van der Waals surface area contributed by atoms with Crippen LogP contribution in [-0.2, 0) is 16.5 Å². The molecule has 13 heteroatoms. The van der Waals surface area contributed by atoms with Gasteiger partial charge in [0.05, 0.1) is 19.3 Å². The zero-order chi connectivity index (χ0) is 23.6. The Kier molecular flexibility index (Phi) is 22.9. The fourth-order valence-electron chi connectivity index (χ4n) is 2.17. The van der Waals surface area contributed by atoms with E-state index in [1.165, 1.54) is 14.2 Å². The maximum absolute atomic E-state index is 11.9. The Morgan fingerprint density at radius 1 is 0.848 bits per heavy atom. The predicted octanol–water partition coefficient (Wildman–Crippen LogP) is -2.48. The van der Waals surface area contributed by atoms with Gasteiger partial charge < -0.3 is 40.1 Å². The summed E-state index contributed by atoms with van der Waals surface area (Å²) in [5.74, 6) is 0.265. The van der Waals surface area contributed by atoms with Crippen LogP contribution < -0.4 is 54.4 Å². The molecule has 0 saturated carbocycles. The Morgan fingerprint density at radius 3 is 1.48 bits per heavy atom. The molecule has 0 unspecified atom stereocenters. The van der Waals surface area contributed by atoms with Gasteiger partial charge in [0.15, 0.2) is 0 Å². The van der Waals surface area contributed by atoms with Gasteiger partial charge in [0.25, 0.3) is 0 Å². The van der Waals surface area contributed by atoms with E-state index in [-0.39, 0.29) is 57.5 Å². The summed E-state index contributed by atoms with van der Waals surface area (Å²) >= 11 is 0. The van der Waals surface area contributed by atoms with E-state index in [2.05, 4.69) is 9.98 Å². The number of nitrogens with zero attached hydrogens (tertiary/aromatic N) is 3. The minimum absolute atomic E-state index is 0. The first-order valence-corrected chi connectivity index (χ1v) is 8.80. The van der Waals surface area contributed by atoms with Crippen LogP contribution in [0.4, 0.5) is 0 Å². The summed E-state index contributed by atoms with van der Waals surface area (Å²) in [6.07, 6.45) is 3.81. The van der Waals surface area contributed by atoms with Gasteiger partial charge in [-0.1, -0.05) is 35.8 Å². The van der Waals surface area contributed by atoms with Crippen molar-refractivity contribution >= 4 is 12.4 Å². The van der Waals surface area contributed by atoms with E-state index in [0.717, 1.165) is 7.11 Å². The molecule has 0 N–H and O–H groups in total. The Hall–Kier alpha value is -2.37. The van der Waals surface area contributed by atoms with Gasteiger partial charge in [-0.3, -0.25) is 9.98 Å². The quantitative estimate of drug-likeness (QED) is 0.122. The normalized spacial score (nSPS) is 9.45. The second-order valence-electron chi connectivity index (χ2n) is 5.40. The molecular formula is C20H23N3NaNiO8.